The molecule has 0 saturated carbocycles. The van der Waals surface area contributed by atoms with Gasteiger partial charge in [0.1, 0.15) is 23.4 Å². The summed E-state index contributed by atoms with van der Waals surface area (Å²) in [4.78, 5) is 23.4. The molecule has 0 fully saturated rings. The fourth-order valence-electron chi connectivity index (χ4n) is 2.33. The molecule has 0 aromatic carbocycles. The van der Waals surface area contributed by atoms with Crippen molar-refractivity contribution in [1.29, 1.82) is 0 Å². The van der Waals surface area contributed by atoms with Crippen LogP contribution < -0.4 is 4.74 Å². The van der Waals surface area contributed by atoms with Crippen LogP contribution in [0.5, 0.6) is 5.75 Å². The van der Waals surface area contributed by atoms with Crippen molar-refractivity contribution in [2.75, 3.05) is 7.11 Å². The Bertz CT molecular complexity index is 925. The van der Waals surface area contributed by atoms with Gasteiger partial charge in [0.15, 0.2) is 6.29 Å². The molecule has 0 radical (unpaired) electrons. The second kappa shape index (κ2) is 6.76. The summed E-state index contributed by atoms with van der Waals surface area (Å²) in [5.74, 6) is 0.520. The smallest absolute Gasteiger partial charge is 0.280 e. The first-order valence-electron chi connectivity index (χ1n) is 7.23. The van der Waals surface area contributed by atoms with E-state index in [1.54, 1.807) is 13.0 Å². The predicted octanol–water partition coefficient (Wildman–Crippen LogP) is 3.87. The van der Waals surface area contributed by atoms with E-state index >= 15 is 0 Å². The first-order valence-corrected chi connectivity index (χ1v) is 7.23. The molecule has 3 aromatic rings. The van der Waals surface area contributed by atoms with Gasteiger partial charge in [0.05, 0.1) is 19.0 Å². The third-order valence-electron chi connectivity index (χ3n) is 3.52. The quantitative estimate of drug-likeness (QED) is 0.653. The fraction of sp³-hybridized carbons (Fsp3) is 0.176. The van der Waals surface area contributed by atoms with Crippen molar-refractivity contribution in [1.82, 2.24) is 15.0 Å². The van der Waals surface area contributed by atoms with Gasteiger partial charge in [-0.1, -0.05) is 0 Å². The average Bonchev–Trinajstić information content (AvgIpc) is 3.07. The average molecular weight is 345 g/mol. The van der Waals surface area contributed by atoms with E-state index in [1.165, 1.54) is 31.8 Å². The maximum absolute atomic E-state index is 13.0. The third kappa shape index (κ3) is 3.23. The van der Waals surface area contributed by atoms with Crippen molar-refractivity contribution < 1.29 is 22.7 Å². The van der Waals surface area contributed by atoms with Crippen molar-refractivity contribution in [2.45, 2.75) is 13.3 Å². The van der Waals surface area contributed by atoms with E-state index in [2.05, 4.69) is 15.0 Å². The molecule has 8 heteroatoms. The summed E-state index contributed by atoms with van der Waals surface area (Å²) >= 11 is 0. The van der Waals surface area contributed by atoms with Crippen LogP contribution in [0.15, 0.2) is 35.2 Å². The number of hydrogen-bond acceptors (Lipinski definition) is 6. The van der Waals surface area contributed by atoms with Crippen molar-refractivity contribution in [2.24, 2.45) is 0 Å². The summed E-state index contributed by atoms with van der Waals surface area (Å²) in [7, 11) is 1.39. The fourth-order valence-corrected chi connectivity index (χ4v) is 2.33. The van der Waals surface area contributed by atoms with Gasteiger partial charge in [-0.25, -0.2) is 13.8 Å². The lowest BCUT2D eigenvalue weighted by atomic mass is 10.0. The number of ether oxygens (including phenoxy) is 1. The summed E-state index contributed by atoms with van der Waals surface area (Å²) < 4.78 is 36.5. The van der Waals surface area contributed by atoms with Gasteiger partial charge in [0.2, 0.25) is 5.89 Å². The highest BCUT2D eigenvalue weighted by Gasteiger charge is 2.18. The van der Waals surface area contributed by atoms with Crippen molar-refractivity contribution in [3.8, 4) is 28.5 Å². The molecular weight excluding hydrogens is 332 g/mol. The van der Waals surface area contributed by atoms with Crippen LogP contribution in [0.2, 0.25) is 0 Å². The first-order chi connectivity index (χ1) is 12.0. The van der Waals surface area contributed by atoms with Crippen LogP contribution in [0.3, 0.4) is 0 Å². The van der Waals surface area contributed by atoms with E-state index in [9.17, 15) is 13.6 Å². The molecule has 3 aromatic heterocycles. The van der Waals surface area contributed by atoms with Crippen LogP contribution in [0.1, 0.15) is 28.2 Å². The van der Waals surface area contributed by atoms with E-state index in [4.69, 9.17) is 9.15 Å². The second-order valence-electron chi connectivity index (χ2n) is 5.18. The lowest BCUT2D eigenvalue weighted by Gasteiger charge is -2.12. The summed E-state index contributed by atoms with van der Waals surface area (Å²) in [5.41, 5.74) is 1.51. The van der Waals surface area contributed by atoms with Gasteiger partial charge < -0.3 is 9.15 Å². The minimum Gasteiger partial charge on any atom is -0.494 e. The van der Waals surface area contributed by atoms with E-state index in [1.807, 2.05) is 0 Å². The number of rotatable bonds is 5. The number of oxazole rings is 1. The lowest BCUT2D eigenvalue weighted by Crippen LogP contribution is -1.98. The number of carbonyl (C=O) groups is 1. The maximum atomic E-state index is 13.0. The molecule has 0 atom stereocenters. The van der Waals surface area contributed by atoms with E-state index < -0.39 is 12.1 Å². The Kier molecular flexibility index (Phi) is 4.51. The van der Waals surface area contributed by atoms with Crippen LogP contribution in [0.4, 0.5) is 8.78 Å². The standard InChI is InChI=1S/C17H13F2N3O3/c1-9-8-25-17(22-9)14-3-11(10(7-23)5-20-14)12-4-13(16(18)19)21-6-15(12)24-2/h3-8,16H,1-2H3. The zero-order valence-corrected chi connectivity index (χ0v) is 13.4. The van der Waals surface area contributed by atoms with Crippen LogP contribution in [0, 0.1) is 6.92 Å². The Labute approximate surface area is 141 Å². The SMILES string of the molecule is COc1cnc(C(F)F)cc1-c1cc(-c2nc(C)co2)ncc1C=O. The Morgan fingerprint density at radius 3 is 2.60 bits per heavy atom. The van der Waals surface area contributed by atoms with Gasteiger partial charge in [-0.05, 0) is 24.6 Å². The molecule has 0 N–H and O–H groups in total. The Morgan fingerprint density at radius 2 is 2.00 bits per heavy atom. The molecule has 0 unspecified atom stereocenters. The van der Waals surface area contributed by atoms with Crippen molar-refractivity contribution in [3.63, 3.8) is 0 Å². The van der Waals surface area contributed by atoms with Gasteiger partial charge in [-0.2, -0.15) is 0 Å². The number of alkyl halides is 2. The van der Waals surface area contributed by atoms with Crippen molar-refractivity contribution >= 4 is 6.29 Å². The molecule has 0 bridgehead atoms. The van der Waals surface area contributed by atoms with Gasteiger partial charge in [-0.3, -0.25) is 14.8 Å². The van der Waals surface area contributed by atoms with Crippen LogP contribution in [-0.2, 0) is 0 Å². The number of aryl methyl sites for hydroxylation is 1. The maximum Gasteiger partial charge on any atom is 0.280 e. The normalized spacial score (nSPS) is 10.9. The van der Waals surface area contributed by atoms with Gasteiger partial charge >= 0.3 is 0 Å². The third-order valence-corrected chi connectivity index (χ3v) is 3.52. The molecule has 3 heterocycles. The lowest BCUT2D eigenvalue weighted by molar-refractivity contribution is 0.112. The summed E-state index contributed by atoms with van der Waals surface area (Å²) in [5, 5.41) is 0. The number of pyridine rings is 2. The molecule has 0 amide bonds. The van der Waals surface area contributed by atoms with Gasteiger partial charge in [-0.15, -0.1) is 0 Å². The second-order valence-corrected chi connectivity index (χ2v) is 5.18. The molecule has 6 nitrogen and oxygen atoms in total. The number of hydrogen-bond donors (Lipinski definition) is 0. The van der Waals surface area contributed by atoms with Gasteiger partial charge in [0.25, 0.3) is 6.43 Å². The molecule has 0 saturated heterocycles. The number of halogens is 2. The van der Waals surface area contributed by atoms with Crippen molar-refractivity contribution in [3.05, 3.63) is 47.7 Å². The van der Waals surface area contributed by atoms with Crippen LogP contribution in [0.25, 0.3) is 22.7 Å². The summed E-state index contributed by atoms with van der Waals surface area (Å²) in [6.45, 7) is 1.76. The highest BCUT2D eigenvalue weighted by molar-refractivity contribution is 5.90. The molecule has 0 aliphatic rings. The molecule has 0 spiro atoms. The summed E-state index contributed by atoms with van der Waals surface area (Å²) in [6.07, 6.45) is 1.83. The first kappa shape index (κ1) is 16.7. The molecular formula is C17H13F2N3O3. The van der Waals surface area contributed by atoms with E-state index in [0.717, 1.165) is 0 Å². The summed E-state index contributed by atoms with van der Waals surface area (Å²) in [6, 6.07) is 2.73. The monoisotopic (exact) mass is 345 g/mol. The number of nitrogens with zero attached hydrogens (tertiary/aromatic N) is 3. The highest BCUT2D eigenvalue weighted by atomic mass is 19.3. The zero-order valence-electron chi connectivity index (χ0n) is 13.4. The van der Waals surface area contributed by atoms with Crippen LogP contribution in [-0.4, -0.2) is 28.3 Å². The van der Waals surface area contributed by atoms with Crippen LogP contribution >= 0.6 is 0 Å². The van der Waals surface area contributed by atoms with E-state index in [-0.39, 0.29) is 17.2 Å². The number of carbonyl (C=O) groups excluding carboxylic acids is 1. The zero-order chi connectivity index (χ0) is 18.0. The van der Waals surface area contributed by atoms with Gasteiger partial charge in [0, 0.05) is 17.3 Å². The minimum atomic E-state index is -2.75. The molecule has 25 heavy (non-hydrogen) atoms. The predicted molar refractivity (Wildman–Crippen MR) is 84.6 cm³/mol. The number of methoxy groups -OCH3 is 1. The highest BCUT2D eigenvalue weighted by Crippen LogP contribution is 2.35. The van der Waals surface area contributed by atoms with E-state index in [0.29, 0.717) is 28.8 Å². The molecule has 128 valence electrons. The number of aldehydes is 1. The topological polar surface area (TPSA) is 78.1 Å². The Hall–Kier alpha value is -3.16. The molecule has 0 aliphatic carbocycles. The minimum absolute atomic E-state index is 0.219. The number of aromatic nitrogens is 3. The molecule has 0 aliphatic heterocycles. The Morgan fingerprint density at radius 1 is 1.20 bits per heavy atom. The molecule has 3 rings (SSSR count). The largest absolute Gasteiger partial charge is 0.494 e. The Balaban J connectivity index is 2.21.